The summed E-state index contributed by atoms with van der Waals surface area (Å²) >= 11 is 0. The van der Waals surface area contributed by atoms with Gasteiger partial charge >= 0.3 is 0 Å². The first-order valence-corrected chi connectivity index (χ1v) is 7.83. The van der Waals surface area contributed by atoms with E-state index in [9.17, 15) is 0 Å². The third kappa shape index (κ3) is 1.74. The molecule has 1 rings (SSSR count). The molecule has 14 heavy (non-hydrogen) atoms. The Bertz CT molecular complexity index is 244. The molecule has 0 spiro atoms. The molecule has 0 unspecified atom stereocenters. The zero-order valence-electron chi connectivity index (χ0n) is 10.5. The molecule has 0 aliphatic carbocycles. The van der Waals surface area contributed by atoms with E-state index in [1.807, 2.05) is 0 Å². The van der Waals surface area contributed by atoms with Crippen molar-refractivity contribution in [2.75, 3.05) is 0 Å². The monoisotopic (exact) mass is 208 g/mol. The molecule has 1 heteroatoms. The third-order valence-corrected chi connectivity index (χ3v) is 10.7. The average Bonchev–Trinajstić information content (AvgIpc) is 2.02. The molecule has 1 aliphatic heterocycles. The number of rotatable bonds is 0. The SMILES string of the molecule is CC(C)(C)[Si]1(C(C)(C)C)C=CC=CC1. The highest BCUT2D eigenvalue weighted by Crippen LogP contribution is 2.54. The van der Waals surface area contributed by atoms with Gasteiger partial charge in [0, 0.05) is 0 Å². The molecular formula is C13H24Si. The largest absolute Gasteiger partial charge is 0.0929 e. The second kappa shape index (κ2) is 3.37. The molecule has 0 atom stereocenters. The summed E-state index contributed by atoms with van der Waals surface area (Å²) in [6.07, 6.45) is 6.83. The first kappa shape index (κ1) is 11.8. The summed E-state index contributed by atoms with van der Waals surface area (Å²) in [6.45, 7) is 14.5. The van der Waals surface area contributed by atoms with Crippen LogP contribution in [0.25, 0.3) is 0 Å². The van der Waals surface area contributed by atoms with Crippen LogP contribution in [0.2, 0.25) is 16.1 Å². The molecule has 0 aromatic rings. The molecular weight excluding hydrogens is 184 g/mol. The number of hydrogen-bond donors (Lipinski definition) is 0. The van der Waals surface area contributed by atoms with Crippen molar-refractivity contribution in [3.05, 3.63) is 23.9 Å². The third-order valence-electron chi connectivity index (χ3n) is 3.74. The van der Waals surface area contributed by atoms with Gasteiger partial charge in [-0.2, -0.15) is 0 Å². The van der Waals surface area contributed by atoms with Crippen LogP contribution in [0.1, 0.15) is 41.5 Å². The number of allylic oxidation sites excluding steroid dienone is 3. The number of hydrogen-bond acceptors (Lipinski definition) is 0. The van der Waals surface area contributed by atoms with Gasteiger partial charge in [-0.1, -0.05) is 65.5 Å². The van der Waals surface area contributed by atoms with Crippen LogP contribution >= 0.6 is 0 Å². The highest BCUT2D eigenvalue weighted by atomic mass is 28.3. The Labute approximate surface area is 90.1 Å². The van der Waals surface area contributed by atoms with E-state index in [1.54, 1.807) is 0 Å². The van der Waals surface area contributed by atoms with Crippen molar-refractivity contribution >= 4 is 8.07 Å². The maximum atomic E-state index is 2.55. The minimum Gasteiger partial charge on any atom is -0.0929 e. The lowest BCUT2D eigenvalue weighted by Gasteiger charge is -2.50. The lowest BCUT2D eigenvalue weighted by atomic mass is 10.2. The fourth-order valence-electron chi connectivity index (χ4n) is 2.86. The Hall–Kier alpha value is -0.303. The van der Waals surface area contributed by atoms with Crippen LogP contribution in [0.5, 0.6) is 0 Å². The molecule has 0 aromatic heterocycles. The van der Waals surface area contributed by atoms with Crippen LogP contribution in [-0.2, 0) is 0 Å². The van der Waals surface area contributed by atoms with Crippen LogP contribution < -0.4 is 0 Å². The summed E-state index contributed by atoms with van der Waals surface area (Å²) in [5.41, 5.74) is 2.55. The van der Waals surface area contributed by atoms with Gasteiger partial charge in [-0.15, -0.1) is 0 Å². The lowest BCUT2D eigenvalue weighted by molar-refractivity contribution is 0.621. The normalized spacial score (nSPS) is 21.3. The average molecular weight is 208 g/mol. The molecule has 0 bridgehead atoms. The maximum Gasteiger partial charge on any atom is 0.0921 e. The Morgan fingerprint density at radius 3 is 1.57 bits per heavy atom. The zero-order chi connectivity index (χ0) is 11.0. The van der Waals surface area contributed by atoms with Gasteiger partial charge in [0.1, 0.15) is 0 Å². The molecule has 0 nitrogen and oxygen atoms in total. The molecule has 0 saturated heterocycles. The van der Waals surface area contributed by atoms with Crippen molar-refractivity contribution in [2.24, 2.45) is 0 Å². The quantitative estimate of drug-likeness (QED) is 0.506. The van der Waals surface area contributed by atoms with Gasteiger partial charge in [-0.3, -0.25) is 0 Å². The van der Waals surface area contributed by atoms with Crippen molar-refractivity contribution in [3.8, 4) is 0 Å². The fraction of sp³-hybridized carbons (Fsp3) is 0.692. The summed E-state index contributed by atoms with van der Waals surface area (Å²) in [6, 6.07) is 1.30. The maximum absolute atomic E-state index is 2.55. The van der Waals surface area contributed by atoms with Gasteiger partial charge in [0.15, 0.2) is 0 Å². The first-order valence-electron chi connectivity index (χ1n) is 5.55. The van der Waals surface area contributed by atoms with Crippen molar-refractivity contribution in [1.82, 2.24) is 0 Å². The van der Waals surface area contributed by atoms with E-state index in [0.717, 1.165) is 0 Å². The van der Waals surface area contributed by atoms with Gasteiger partial charge in [-0.25, -0.2) is 0 Å². The van der Waals surface area contributed by atoms with Gasteiger partial charge in [0.2, 0.25) is 0 Å². The molecule has 0 N–H and O–H groups in total. The lowest BCUT2D eigenvalue weighted by Crippen LogP contribution is -2.50. The van der Waals surface area contributed by atoms with E-state index in [4.69, 9.17) is 0 Å². The summed E-state index contributed by atoms with van der Waals surface area (Å²) in [4.78, 5) is 0. The Balaban J connectivity index is 3.18. The molecule has 1 aliphatic rings. The first-order chi connectivity index (χ1) is 6.21. The fourth-order valence-corrected chi connectivity index (χ4v) is 8.42. The van der Waals surface area contributed by atoms with E-state index in [-0.39, 0.29) is 0 Å². The molecule has 80 valence electrons. The van der Waals surface area contributed by atoms with Crippen LogP contribution in [0.3, 0.4) is 0 Å². The van der Waals surface area contributed by atoms with E-state index < -0.39 is 8.07 Å². The van der Waals surface area contributed by atoms with Crippen LogP contribution in [0.4, 0.5) is 0 Å². The van der Waals surface area contributed by atoms with Gasteiger partial charge in [0.05, 0.1) is 8.07 Å². The zero-order valence-corrected chi connectivity index (χ0v) is 11.5. The smallest absolute Gasteiger partial charge is 0.0921 e. The van der Waals surface area contributed by atoms with Crippen molar-refractivity contribution < 1.29 is 0 Å². The van der Waals surface area contributed by atoms with Gasteiger partial charge in [0.25, 0.3) is 0 Å². The summed E-state index contributed by atoms with van der Waals surface area (Å²) < 4.78 is 0. The second-order valence-electron chi connectivity index (χ2n) is 6.46. The highest BCUT2D eigenvalue weighted by Gasteiger charge is 2.50. The van der Waals surface area contributed by atoms with Crippen molar-refractivity contribution in [3.63, 3.8) is 0 Å². The van der Waals surface area contributed by atoms with Gasteiger partial charge < -0.3 is 0 Å². The molecule has 0 aromatic carbocycles. The molecule has 0 saturated carbocycles. The summed E-state index contributed by atoms with van der Waals surface area (Å²) in [7, 11) is -1.35. The minimum absolute atomic E-state index is 0.451. The molecule has 0 amide bonds. The predicted octanol–water partition coefficient (Wildman–Crippen LogP) is 4.70. The Morgan fingerprint density at radius 2 is 1.36 bits per heavy atom. The Kier molecular flexibility index (Phi) is 2.83. The molecule has 0 radical (unpaired) electrons. The van der Waals surface area contributed by atoms with Crippen LogP contribution in [0, 0.1) is 0 Å². The van der Waals surface area contributed by atoms with E-state index in [2.05, 4.69) is 65.5 Å². The predicted molar refractivity (Wildman–Crippen MR) is 68.3 cm³/mol. The Morgan fingerprint density at radius 1 is 0.857 bits per heavy atom. The minimum atomic E-state index is -1.35. The standard InChI is InChI=1S/C13H24Si/c1-12(2,3)14(13(4,5)6)10-8-7-9-11-14/h7-10H,11H2,1-6H3. The van der Waals surface area contributed by atoms with E-state index in [0.29, 0.717) is 10.1 Å². The van der Waals surface area contributed by atoms with Crippen molar-refractivity contribution in [2.45, 2.75) is 57.7 Å². The van der Waals surface area contributed by atoms with Crippen LogP contribution in [-0.4, -0.2) is 8.07 Å². The molecule has 1 heterocycles. The summed E-state index contributed by atoms with van der Waals surface area (Å²) in [5.74, 6) is 0. The van der Waals surface area contributed by atoms with Gasteiger partial charge in [-0.05, 0) is 16.1 Å². The van der Waals surface area contributed by atoms with E-state index >= 15 is 0 Å². The topological polar surface area (TPSA) is 0 Å². The molecule has 0 fully saturated rings. The highest BCUT2D eigenvalue weighted by molar-refractivity contribution is 6.90. The van der Waals surface area contributed by atoms with Crippen molar-refractivity contribution in [1.29, 1.82) is 0 Å². The second-order valence-corrected chi connectivity index (χ2v) is 12.1. The van der Waals surface area contributed by atoms with Crippen LogP contribution in [0.15, 0.2) is 23.9 Å². The van der Waals surface area contributed by atoms with E-state index in [1.165, 1.54) is 6.04 Å². The summed E-state index contributed by atoms with van der Waals surface area (Å²) in [5, 5.41) is 0.902.